The molecule has 0 amide bonds. The molecule has 154 valence electrons. The van der Waals surface area contributed by atoms with Crippen molar-refractivity contribution in [3.05, 3.63) is 35.7 Å². The van der Waals surface area contributed by atoms with E-state index in [9.17, 15) is 8.42 Å². The molecule has 0 bridgehead atoms. The highest BCUT2D eigenvalue weighted by Gasteiger charge is 2.33. The fraction of sp³-hybridized carbons (Fsp3) is 0.632. The molecule has 1 fully saturated rings. The molecule has 1 atom stereocenters. The predicted molar refractivity (Wildman–Crippen MR) is 106 cm³/mol. The lowest BCUT2D eigenvalue weighted by molar-refractivity contribution is -1.02. The molecule has 0 unspecified atom stereocenters. The molecule has 0 radical (unpaired) electrons. The van der Waals surface area contributed by atoms with Crippen LogP contribution in [0.1, 0.15) is 43.6 Å². The minimum Gasteiger partial charge on any atom is -0.328 e. The molecule has 2 aromatic rings. The van der Waals surface area contributed by atoms with Gasteiger partial charge in [0.2, 0.25) is 5.82 Å². The van der Waals surface area contributed by atoms with Gasteiger partial charge in [0.1, 0.15) is 26.2 Å². The summed E-state index contributed by atoms with van der Waals surface area (Å²) in [7, 11) is -1.29. The number of benzene rings is 1. The number of tetrazole rings is 1. The number of rotatable bonds is 8. The van der Waals surface area contributed by atoms with Crippen molar-refractivity contribution < 1.29 is 18.2 Å². The van der Waals surface area contributed by atoms with Gasteiger partial charge in [-0.2, -0.15) is 0 Å². The molecule has 1 saturated heterocycles. The zero-order chi connectivity index (χ0) is 20.1. The normalized spacial score (nSPS) is 21.5. The van der Waals surface area contributed by atoms with Gasteiger partial charge in [-0.05, 0) is 35.9 Å². The smallest absolute Gasteiger partial charge is 0.210 e. The first kappa shape index (κ1) is 20.9. The number of hydrogen-bond donors (Lipinski definition) is 2. The summed E-state index contributed by atoms with van der Waals surface area (Å²) in [6, 6.07) is 7.06. The van der Waals surface area contributed by atoms with Crippen molar-refractivity contribution in [1.82, 2.24) is 20.2 Å². The molecule has 1 aromatic carbocycles. The Hall–Kier alpha value is -1.84. The van der Waals surface area contributed by atoms with E-state index in [1.807, 2.05) is 19.1 Å². The Balaban J connectivity index is 1.84. The zero-order valence-electron chi connectivity index (χ0n) is 17.1. The van der Waals surface area contributed by atoms with Crippen molar-refractivity contribution in [2.45, 2.75) is 49.9 Å². The third-order valence-corrected chi connectivity index (χ3v) is 7.20. The topological polar surface area (TPSA) is 86.6 Å². The van der Waals surface area contributed by atoms with E-state index in [1.165, 1.54) is 9.58 Å². The van der Waals surface area contributed by atoms with E-state index in [2.05, 4.69) is 29.5 Å². The maximum atomic E-state index is 12.9. The first-order chi connectivity index (χ1) is 13.4. The summed E-state index contributed by atoms with van der Waals surface area (Å²) in [4.78, 5) is 3.31. The largest absolute Gasteiger partial charge is 0.328 e. The number of aromatic nitrogens is 4. The second kappa shape index (κ2) is 9.11. The Morgan fingerprint density at radius 2 is 1.82 bits per heavy atom. The van der Waals surface area contributed by atoms with Crippen LogP contribution in [-0.2, 0) is 15.7 Å². The van der Waals surface area contributed by atoms with E-state index in [-0.39, 0.29) is 11.9 Å². The van der Waals surface area contributed by atoms with Gasteiger partial charge in [0.15, 0.2) is 21.8 Å². The standard InChI is InChI=1S/C19H30N6O2S/c1-4-5-6-18(24-13-11-23(3)12-14-24)19-20-21-22-25(19)15-28(26,27)17-9-7-16(2)8-10-17/h7-10,18H,4-6,11-15H2,1-3H3/p+2/t18-/m1/s1. The van der Waals surface area contributed by atoms with Crippen LogP contribution in [0.15, 0.2) is 29.2 Å². The lowest BCUT2D eigenvalue weighted by atomic mass is 10.1. The van der Waals surface area contributed by atoms with Gasteiger partial charge in [0.05, 0.1) is 11.9 Å². The summed E-state index contributed by atoms with van der Waals surface area (Å²) < 4.78 is 27.3. The van der Waals surface area contributed by atoms with Gasteiger partial charge in [-0.3, -0.25) is 0 Å². The van der Waals surface area contributed by atoms with E-state index in [0.717, 1.165) is 51.0 Å². The highest BCUT2D eigenvalue weighted by Crippen LogP contribution is 2.18. The maximum absolute atomic E-state index is 12.9. The van der Waals surface area contributed by atoms with Crippen molar-refractivity contribution in [2.24, 2.45) is 0 Å². The highest BCUT2D eigenvalue weighted by atomic mass is 32.2. The van der Waals surface area contributed by atoms with Crippen LogP contribution in [0.5, 0.6) is 0 Å². The molecule has 0 saturated carbocycles. The number of sulfone groups is 1. The molecule has 8 nitrogen and oxygen atoms in total. The van der Waals surface area contributed by atoms with Gasteiger partial charge >= 0.3 is 0 Å². The number of piperazine rings is 1. The monoisotopic (exact) mass is 408 g/mol. The molecule has 9 heteroatoms. The van der Waals surface area contributed by atoms with Crippen LogP contribution in [0.4, 0.5) is 0 Å². The number of nitrogens with one attached hydrogen (secondary N) is 2. The molecule has 0 spiro atoms. The van der Waals surface area contributed by atoms with Crippen LogP contribution in [0, 0.1) is 6.92 Å². The lowest BCUT2D eigenvalue weighted by Gasteiger charge is -2.32. The zero-order valence-corrected chi connectivity index (χ0v) is 17.9. The average molecular weight is 409 g/mol. The number of likely N-dealkylation sites (N-methyl/N-ethyl adjacent to an activating group) is 1. The van der Waals surface area contributed by atoms with Crippen LogP contribution in [0.3, 0.4) is 0 Å². The van der Waals surface area contributed by atoms with Gasteiger partial charge in [0, 0.05) is 6.42 Å². The molecular formula is C19H32N6O2S+2. The number of aryl methyl sites for hydroxylation is 1. The molecule has 28 heavy (non-hydrogen) atoms. The second-order valence-electron chi connectivity index (χ2n) is 7.90. The van der Waals surface area contributed by atoms with Crippen LogP contribution in [-0.4, -0.2) is 61.9 Å². The Labute approximate surface area is 167 Å². The van der Waals surface area contributed by atoms with Crippen molar-refractivity contribution >= 4 is 9.84 Å². The second-order valence-corrected chi connectivity index (χ2v) is 9.86. The predicted octanol–water partition coefficient (Wildman–Crippen LogP) is -0.943. The number of unbranched alkanes of at least 4 members (excludes halogenated alkanes) is 1. The Morgan fingerprint density at radius 3 is 2.46 bits per heavy atom. The molecule has 1 aliphatic heterocycles. The first-order valence-corrected chi connectivity index (χ1v) is 11.8. The summed E-state index contributed by atoms with van der Waals surface area (Å²) in [5.41, 5.74) is 1.03. The molecule has 1 aliphatic rings. The summed E-state index contributed by atoms with van der Waals surface area (Å²) in [6.07, 6.45) is 3.14. The summed E-state index contributed by atoms with van der Waals surface area (Å²) in [6.45, 7) is 8.44. The van der Waals surface area contributed by atoms with Crippen LogP contribution < -0.4 is 9.80 Å². The molecule has 2 heterocycles. The third-order valence-electron chi connectivity index (χ3n) is 5.63. The molecular weight excluding hydrogens is 376 g/mol. The fourth-order valence-corrected chi connectivity index (χ4v) is 5.01. The van der Waals surface area contributed by atoms with Crippen molar-refractivity contribution in [3.8, 4) is 0 Å². The molecule has 2 N–H and O–H groups in total. The Kier molecular flexibility index (Phi) is 6.79. The van der Waals surface area contributed by atoms with Crippen molar-refractivity contribution in [1.29, 1.82) is 0 Å². The van der Waals surface area contributed by atoms with Crippen LogP contribution in [0.2, 0.25) is 0 Å². The summed E-state index contributed by atoms with van der Waals surface area (Å²) in [5, 5.41) is 12.1. The van der Waals surface area contributed by atoms with E-state index < -0.39 is 9.84 Å². The van der Waals surface area contributed by atoms with Gasteiger partial charge < -0.3 is 9.80 Å². The van der Waals surface area contributed by atoms with Crippen LogP contribution >= 0.6 is 0 Å². The molecule has 1 aromatic heterocycles. The van der Waals surface area contributed by atoms with Crippen molar-refractivity contribution in [2.75, 3.05) is 33.2 Å². The number of quaternary nitrogens is 2. The molecule has 0 aliphatic carbocycles. The SMILES string of the molecule is CCCC[C@H](c1nnnn1CS(=O)(=O)c1ccc(C)cc1)[NH+]1CC[NH+](C)CC1. The van der Waals surface area contributed by atoms with E-state index in [1.54, 1.807) is 17.0 Å². The Bertz CT molecular complexity index is 857. The van der Waals surface area contributed by atoms with Gasteiger partial charge in [0.25, 0.3) is 0 Å². The minimum absolute atomic E-state index is 0.135. The van der Waals surface area contributed by atoms with Gasteiger partial charge in [-0.25, -0.2) is 13.1 Å². The summed E-state index contributed by atoms with van der Waals surface area (Å²) >= 11 is 0. The van der Waals surface area contributed by atoms with Gasteiger partial charge in [-0.1, -0.05) is 31.0 Å². The lowest BCUT2D eigenvalue weighted by Crippen LogP contribution is -3.27. The number of nitrogens with zero attached hydrogens (tertiary/aromatic N) is 4. The minimum atomic E-state index is -3.51. The quantitative estimate of drug-likeness (QED) is 0.589. The van der Waals surface area contributed by atoms with Crippen molar-refractivity contribution in [3.63, 3.8) is 0 Å². The Morgan fingerprint density at radius 1 is 1.14 bits per heavy atom. The maximum Gasteiger partial charge on any atom is 0.210 e. The third kappa shape index (κ3) is 4.95. The van der Waals surface area contributed by atoms with Gasteiger partial charge in [-0.15, -0.1) is 5.10 Å². The fourth-order valence-electron chi connectivity index (χ4n) is 3.80. The van der Waals surface area contributed by atoms with E-state index in [4.69, 9.17) is 0 Å². The highest BCUT2D eigenvalue weighted by molar-refractivity contribution is 7.90. The summed E-state index contributed by atoms with van der Waals surface area (Å²) in [5.74, 6) is 0.470. The van der Waals surface area contributed by atoms with E-state index in [0.29, 0.717) is 10.7 Å². The van der Waals surface area contributed by atoms with E-state index >= 15 is 0 Å². The number of hydrogen-bond acceptors (Lipinski definition) is 5. The van der Waals surface area contributed by atoms with Crippen LogP contribution in [0.25, 0.3) is 0 Å². The molecule has 3 rings (SSSR count). The average Bonchev–Trinajstić information content (AvgIpc) is 3.11. The first-order valence-electron chi connectivity index (χ1n) is 10.1.